The molecule has 4 nitrogen and oxygen atoms in total. The molecule has 0 fully saturated rings. The second-order valence-electron chi connectivity index (χ2n) is 4.86. The topological polar surface area (TPSA) is 64.3 Å². The Balaban J connectivity index is 2.05. The minimum absolute atomic E-state index is 0.284. The molecule has 1 unspecified atom stereocenters. The monoisotopic (exact) mass is 338 g/mol. The highest BCUT2D eigenvalue weighted by molar-refractivity contribution is 6.36. The minimum Gasteiger partial charge on any atom is -0.479 e. The molecular weight excluding hydrogens is 323 g/mol. The van der Waals surface area contributed by atoms with Gasteiger partial charge in [0, 0.05) is 16.4 Å². The molecule has 0 aliphatic heterocycles. The largest absolute Gasteiger partial charge is 0.479 e. The number of benzene rings is 2. The zero-order chi connectivity index (χ0) is 16.3. The van der Waals surface area contributed by atoms with E-state index in [-0.39, 0.29) is 5.91 Å². The molecule has 2 rings (SSSR count). The molecule has 0 heterocycles. The van der Waals surface area contributed by atoms with Gasteiger partial charge in [-0.05, 0) is 55.8 Å². The summed E-state index contributed by atoms with van der Waals surface area (Å²) in [4.78, 5) is 12.1. The molecule has 0 aromatic heterocycles. The summed E-state index contributed by atoms with van der Waals surface area (Å²) in [6, 6.07) is 10.2. The molecule has 0 aliphatic rings. The molecule has 6 heteroatoms. The Kier molecular flexibility index (Phi) is 5.16. The van der Waals surface area contributed by atoms with Gasteiger partial charge in [-0.25, -0.2) is 0 Å². The van der Waals surface area contributed by atoms with Gasteiger partial charge in [-0.15, -0.1) is 0 Å². The van der Waals surface area contributed by atoms with Crippen molar-refractivity contribution in [3.63, 3.8) is 0 Å². The maximum atomic E-state index is 12.1. The van der Waals surface area contributed by atoms with Crippen LogP contribution in [0.5, 0.6) is 5.75 Å². The van der Waals surface area contributed by atoms with Gasteiger partial charge in [0.25, 0.3) is 5.91 Å². The van der Waals surface area contributed by atoms with Gasteiger partial charge in [0.1, 0.15) is 5.75 Å². The van der Waals surface area contributed by atoms with Crippen molar-refractivity contribution in [2.24, 2.45) is 0 Å². The molecule has 0 aliphatic carbocycles. The van der Waals surface area contributed by atoms with Gasteiger partial charge in [-0.1, -0.05) is 23.2 Å². The summed E-state index contributed by atoms with van der Waals surface area (Å²) < 4.78 is 5.61. The quantitative estimate of drug-likeness (QED) is 0.817. The standard InChI is InChI=1S/C16H16Cl2N2O2/c1-9-13(17)7-8-14(15(9)18)22-10(2)16(21)20-12-5-3-11(19)4-6-12/h3-8,10H,19H2,1-2H3,(H,20,21). The predicted molar refractivity (Wildman–Crippen MR) is 90.8 cm³/mol. The number of rotatable bonds is 4. The SMILES string of the molecule is Cc1c(Cl)ccc(OC(C)C(=O)Nc2ccc(N)cc2)c1Cl. The fourth-order valence-electron chi connectivity index (χ4n) is 1.78. The van der Waals surface area contributed by atoms with Crippen LogP contribution in [-0.2, 0) is 4.79 Å². The van der Waals surface area contributed by atoms with E-state index in [1.807, 2.05) is 0 Å². The molecule has 0 spiro atoms. The first kappa shape index (κ1) is 16.5. The Labute approximate surface area is 139 Å². The summed E-state index contributed by atoms with van der Waals surface area (Å²) in [6.45, 7) is 3.43. The first-order valence-electron chi connectivity index (χ1n) is 6.66. The smallest absolute Gasteiger partial charge is 0.265 e. The second kappa shape index (κ2) is 6.90. The summed E-state index contributed by atoms with van der Waals surface area (Å²) in [5, 5.41) is 3.70. The third-order valence-corrected chi connectivity index (χ3v) is 4.02. The molecule has 1 amide bonds. The van der Waals surface area contributed by atoms with Gasteiger partial charge < -0.3 is 15.8 Å². The highest BCUT2D eigenvalue weighted by Gasteiger charge is 2.17. The number of halogens is 2. The van der Waals surface area contributed by atoms with Crippen LogP contribution in [0.1, 0.15) is 12.5 Å². The highest BCUT2D eigenvalue weighted by Crippen LogP contribution is 2.33. The lowest BCUT2D eigenvalue weighted by molar-refractivity contribution is -0.122. The van der Waals surface area contributed by atoms with Crippen LogP contribution < -0.4 is 15.8 Å². The van der Waals surface area contributed by atoms with Crippen LogP contribution in [0, 0.1) is 6.92 Å². The van der Waals surface area contributed by atoms with Crippen molar-refractivity contribution in [3.8, 4) is 5.75 Å². The third-order valence-electron chi connectivity index (χ3n) is 3.14. The molecule has 0 radical (unpaired) electrons. The number of nitrogens with two attached hydrogens (primary N) is 1. The summed E-state index contributed by atoms with van der Waals surface area (Å²) in [5.74, 6) is 0.136. The summed E-state index contributed by atoms with van der Waals surface area (Å²) in [6.07, 6.45) is -0.712. The molecular formula is C16H16Cl2N2O2. The van der Waals surface area contributed by atoms with Crippen molar-refractivity contribution in [2.75, 3.05) is 11.1 Å². The average Bonchev–Trinajstić information content (AvgIpc) is 2.50. The molecule has 2 aromatic carbocycles. The number of ether oxygens (including phenoxy) is 1. The van der Waals surface area contributed by atoms with E-state index < -0.39 is 6.10 Å². The van der Waals surface area contributed by atoms with Crippen molar-refractivity contribution in [1.82, 2.24) is 0 Å². The van der Waals surface area contributed by atoms with Crippen molar-refractivity contribution >= 4 is 40.5 Å². The summed E-state index contributed by atoms with van der Waals surface area (Å²) >= 11 is 12.1. The van der Waals surface area contributed by atoms with E-state index in [1.54, 1.807) is 50.2 Å². The number of carbonyl (C=O) groups is 1. The van der Waals surface area contributed by atoms with E-state index in [2.05, 4.69) is 5.32 Å². The van der Waals surface area contributed by atoms with Gasteiger partial charge in [0.2, 0.25) is 0 Å². The first-order chi connectivity index (χ1) is 10.4. The van der Waals surface area contributed by atoms with Crippen molar-refractivity contribution in [1.29, 1.82) is 0 Å². The number of anilines is 2. The molecule has 2 aromatic rings. The fraction of sp³-hybridized carbons (Fsp3) is 0.188. The third kappa shape index (κ3) is 3.84. The number of amides is 1. The van der Waals surface area contributed by atoms with E-state index >= 15 is 0 Å². The maximum Gasteiger partial charge on any atom is 0.265 e. The number of nitrogen functional groups attached to an aromatic ring is 1. The predicted octanol–water partition coefficient (Wildman–Crippen LogP) is 4.29. The van der Waals surface area contributed by atoms with Crippen molar-refractivity contribution < 1.29 is 9.53 Å². The highest BCUT2D eigenvalue weighted by atomic mass is 35.5. The fourth-order valence-corrected chi connectivity index (χ4v) is 2.20. The van der Waals surface area contributed by atoms with E-state index in [1.165, 1.54) is 0 Å². The van der Waals surface area contributed by atoms with E-state index in [4.69, 9.17) is 33.7 Å². The van der Waals surface area contributed by atoms with Gasteiger partial charge in [-0.2, -0.15) is 0 Å². The summed E-state index contributed by atoms with van der Waals surface area (Å²) in [5.41, 5.74) is 7.59. The van der Waals surface area contributed by atoms with Crippen molar-refractivity contribution in [2.45, 2.75) is 20.0 Å². The lowest BCUT2D eigenvalue weighted by Gasteiger charge is -2.17. The number of carbonyl (C=O) groups excluding carboxylic acids is 1. The molecule has 3 N–H and O–H groups in total. The lowest BCUT2D eigenvalue weighted by Crippen LogP contribution is -2.30. The van der Waals surface area contributed by atoms with Gasteiger partial charge in [0.15, 0.2) is 6.10 Å². The van der Waals surface area contributed by atoms with Crippen LogP contribution in [0.4, 0.5) is 11.4 Å². The normalized spacial score (nSPS) is 11.8. The van der Waals surface area contributed by atoms with E-state index in [0.717, 1.165) is 0 Å². The van der Waals surface area contributed by atoms with Crippen LogP contribution in [0.25, 0.3) is 0 Å². The lowest BCUT2D eigenvalue weighted by atomic mass is 10.2. The molecule has 116 valence electrons. The van der Waals surface area contributed by atoms with Gasteiger partial charge >= 0.3 is 0 Å². The van der Waals surface area contributed by atoms with Gasteiger partial charge in [0.05, 0.1) is 5.02 Å². The van der Waals surface area contributed by atoms with Crippen LogP contribution >= 0.6 is 23.2 Å². The van der Waals surface area contributed by atoms with Crippen LogP contribution in [0.3, 0.4) is 0 Å². The molecule has 0 bridgehead atoms. The van der Waals surface area contributed by atoms with Crippen LogP contribution in [0.15, 0.2) is 36.4 Å². The first-order valence-corrected chi connectivity index (χ1v) is 7.41. The maximum absolute atomic E-state index is 12.1. The number of hydrogen-bond donors (Lipinski definition) is 2. The minimum atomic E-state index is -0.712. The Morgan fingerprint density at radius 1 is 1.18 bits per heavy atom. The zero-order valence-corrected chi connectivity index (χ0v) is 13.7. The Bertz CT molecular complexity index is 687. The van der Waals surface area contributed by atoms with E-state index in [0.29, 0.717) is 32.7 Å². The molecule has 0 saturated carbocycles. The molecule has 22 heavy (non-hydrogen) atoms. The molecule has 1 atom stereocenters. The molecule has 0 saturated heterocycles. The Hall–Kier alpha value is -1.91. The van der Waals surface area contributed by atoms with Crippen LogP contribution in [0.2, 0.25) is 10.0 Å². The Morgan fingerprint density at radius 2 is 1.82 bits per heavy atom. The van der Waals surface area contributed by atoms with Crippen molar-refractivity contribution in [3.05, 3.63) is 52.0 Å². The summed E-state index contributed by atoms with van der Waals surface area (Å²) in [7, 11) is 0. The average molecular weight is 339 g/mol. The number of nitrogens with one attached hydrogen (secondary N) is 1. The number of hydrogen-bond acceptors (Lipinski definition) is 3. The second-order valence-corrected chi connectivity index (χ2v) is 5.64. The van der Waals surface area contributed by atoms with Gasteiger partial charge in [-0.3, -0.25) is 4.79 Å². The Morgan fingerprint density at radius 3 is 2.45 bits per heavy atom. The zero-order valence-electron chi connectivity index (χ0n) is 12.2. The van der Waals surface area contributed by atoms with E-state index in [9.17, 15) is 4.79 Å². The van der Waals surface area contributed by atoms with Crippen LogP contribution in [-0.4, -0.2) is 12.0 Å².